The Morgan fingerprint density at radius 1 is 1.29 bits per heavy atom. The number of carbonyl (C=O) groups is 1. The maximum atomic E-state index is 12.4. The minimum Gasteiger partial charge on any atom is -0.349 e. The van der Waals surface area contributed by atoms with Crippen LogP contribution >= 0.6 is 11.6 Å². The van der Waals surface area contributed by atoms with Crippen LogP contribution in [-0.4, -0.2) is 30.7 Å². The predicted octanol–water partition coefficient (Wildman–Crippen LogP) is 3.01. The highest BCUT2D eigenvalue weighted by atomic mass is 35.5. The number of fused-ring (bicyclic) bond motifs is 1. The van der Waals surface area contributed by atoms with Crippen LogP contribution in [0.25, 0.3) is 0 Å². The van der Waals surface area contributed by atoms with Crippen molar-refractivity contribution in [2.24, 2.45) is 23.7 Å². The molecule has 3 rings (SSSR count). The first-order valence-corrected chi connectivity index (χ1v) is 10.3. The molecule has 0 spiro atoms. The van der Waals surface area contributed by atoms with Gasteiger partial charge in [-0.2, -0.15) is 8.42 Å². The van der Waals surface area contributed by atoms with Gasteiger partial charge in [0.15, 0.2) is 0 Å². The Balaban J connectivity index is 1.56. The van der Waals surface area contributed by atoms with E-state index < -0.39 is 10.1 Å². The summed E-state index contributed by atoms with van der Waals surface area (Å²) in [7, 11) is -3.89. The van der Waals surface area contributed by atoms with Crippen LogP contribution in [0.4, 0.5) is 0 Å². The lowest BCUT2D eigenvalue weighted by Gasteiger charge is -2.21. The van der Waals surface area contributed by atoms with Gasteiger partial charge in [0.05, 0.1) is 5.75 Å². The molecule has 5 nitrogen and oxygen atoms in total. The van der Waals surface area contributed by atoms with Gasteiger partial charge in [0.1, 0.15) is 0 Å². The zero-order chi connectivity index (χ0) is 17.5. The quantitative estimate of drug-likeness (QED) is 0.753. The number of rotatable bonds is 6. The number of hydrogen-bond donors (Lipinski definition) is 2. The standard InChI is InChI=1S/C17H22ClNO4S/c1-2-15(19-17(20)11-3-5-12(18)6-4-11)16-13-7-10(8-14(13)16)9-24(21,22)23/h3-6,10,13-16H,2,7-9H2,1H3,(H,19,20)(H,21,22,23)/t10?,13?,14?,15-,16?/m0/s1. The summed E-state index contributed by atoms with van der Waals surface area (Å²) in [5.41, 5.74) is 0.591. The first-order chi connectivity index (χ1) is 11.3. The van der Waals surface area contributed by atoms with Crippen molar-refractivity contribution in [3.05, 3.63) is 34.9 Å². The third-order valence-corrected chi connectivity index (χ3v) is 6.53. The molecule has 1 amide bonds. The number of hydrogen-bond acceptors (Lipinski definition) is 3. The van der Waals surface area contributed by atoms with E-state index in [1.165, 1.54) is 0 Å². The van der Waals surface area contributed by atoms with Crippen molar-refractivity contribution in [1.82, 2.24) is 5.32 Å². The van der Waals surface area contributed by atoms with Crippen LogP contribution in [0.1, 0.15) is 36.5 Å². The average Bonchev–Trinajstić information content (AvgIpc) is 2.98. The highest BCUT2D eigenvalue weighted by Gasteiger charge is 2.58. The molecule has 1 aromatic carbocycles. The fraction of sp³-hybridized carbons (Fsp3) is 0.588. The van der Waals surface area contributed by atoms with Crippen molar-refractivity contribution >= 4 is 27.6 Å². The van der Waals surface area contributed by atoms with Gasteiger partial charge in [-0.1, -0.05) is 18.5 Å². The molecule has 132 valence electrons. The van der Waals surface area contributed by atoms with Crippen molar-refractivity contribution in [2.45, 2.75) is 32.2 Å². The lowest BCUT2D eigenvalue weighted by atomic mass is 9.96. The van der Waals surface area contributed by atoms with Crippen LogP contribution < -0.4 is 5.32 Å². The zero-order valence-electron chi connectivity index (χ0n) is 13.5. The summed E-state index contributed by atoms with van der Waals surface area (Å²) < 4.78 is 31.0. The summed E-state index contributed by atoms with van der Waals surface area (Å²) in [5.74, 6) is 1.16. The van der Waals surface area contributed by atoms with Crippen LogP contribution in [0.3, 0.4) is 0 Å². The molecule has 0 radical (unpaired) electrons. The van der Waals surface area contributed by atoms with E-state index in [9.17, 15) is 13.2 Å². The van der Waals surface area contributed by atoms with Gasteiger partial charge in [-0.15, -0.1) is 0 Å². The van der Waals surface area contributed by atoms with Crippen molar-refractivity contribution in [2.75, 3.05) is 5.75 Å². The molecule has 2 aliphatic carbocycles. The molecule has 0 saturated heterocycles. The highest BCUT2D eigenvalue weighted by Crippen LogP contribution is 2.61. The van der Waals surface area contributed by atoms with Crippen LogP contribution in [0.5, 0.6) is 0 Å². The normalized spacial score (nSPS) is 29.8. The van der Waals surface area contributed by atoms with E-state index in [2.05, 4.69) is 12.2 Å². The lowest BCUT2D eigenvalue weighted by molar-refractivity contribution is 0.0927. The molecule has 3 atom stereocenters. The smallest absolute Gasteiger partial charge is 0.265 e. The number of carbonyl (C=O) groups excluding carboxylic acids is 1. The van der Waals surface area contributed by atoms with E-state index in [4.69, 9.17) is 16.2 Å². The summed E-state index contributed by atoms with van der Waals surface area (Å²) in [6, 6.07) is 6.92. The average molecular weight is 372 g/mol. The summed E-state index contributed by atoms with van der Waals surface area (Å²) in [4.78, 5) is 12.4. The Morgan fingerprint density at radius 3 is 2.38 bits per heavy atom. The van der Waals surface area contributed by atoms with Gasteiger partial charge in [0.25, 0.3) is 16.0 Å². The maximum Gasteiger partial charge on any atom is 0.265 e. The van der Waals surface area contributed by atoms with Crippen molar-refractivity contribution in [3.8, 4) is 0 Å². The van der Waals surface area contributed by atoms with E-state index in [1.807, 2.05) is 0 Å². The molecule has 2 unspecified atom stereocenters. The van der Waals surface area contributed by atoms with Gasteiger partial charge in [-0.25, -0.2) is 0 Å². The van der Waals surface area contributed by atoms with Gasteiger partial charge in [0, 0.05) is 16.6 Å². The third kappa shape index (κ3) is 3.92. The van der Waals surface area contributed by atoms with Crippen molar-refractivity contribution in [3.63, 3.8) is 0 Å². The second-order valence-electron chi connectivity index (χ2n) is 6.99. The predicted molar refractivity (Wildman–Crippen MR) is 92.6 cm³/mol. The summed E-state index contributed by atoms with van der Waals surface area (Å²) in [6.07, 6.45) is 2.49. The highest BCUT2D eigenvalue weighted by molar-refractivity contribution is 7.85. The Labute approximate surface area is 147 Å². The largest absolute Gasteiger partial charge is 0.349 e. The third-order valence-electron chi connectivity index (χ3n) is 5.38. The molecular weight excluding hydrogens is 350 g/mol. The van der Waals surface area contributed by atoms with Gasteiger partial charge in [0.2, 0.25) is 0 Å². The van der Waals surface area contributed by atoms with E-state index >= 15 is 0 Å². The molecular formula is C17H22ClNO4S. The summed E-state index contributed by atoms with van der Waals surface area (Å²) >= 11 is 5.84. The topological polar surface area (TPSA) is 83.5 Å². The van der Waals surface area contributed by atoms with Crippen LogP contribution in [0.2, 0.25) is 5.02 Å². The van der Waals surface area contributed by atoms with Crippen LogP contribution in [0.15, 0.2) is 24.3 Å². The molecule has 2 aliphatic rings. The molecule has 2 saturated carbocycles. The van der Waals surface area contributed by atoms with Gasteiger partial charge >= 0.3 is 0 Å². The number of nitrogens with one attached hydrogen (secondary N) is 1. The van der Waals surface area contributed by atoms with E-state index in [0.29, 0.717) is 28.3 Å². The van der Waals surface area contributed by atoms with E-state index in [-0.39, 0.29) is 23.6 Å². The lowest BCUT2D eigenvalue weighted by Crippen LogP contribution is -2.37. The van der Waals surface area contributed by atoms with Crippen molar-refractivity contribution < 1.29 is 17.8 Å². The first kappa shape index (κ1) is 17.7. The number of benzene rings is 1. The van der Waals surface area contributed by atoms with Gasteiger partial charge in [-0.05, 0) is 67.2 Å². The Kier molecular flexibility index (Phi) is 4.91. The van der Waals surface area contributed by atoms with Crippen LogP contribution in [-0.2, 0) is 10.1 Å². The number of halogens is 1. The second kappa shape index (κ2) is 6.65. The molecule has 2 N–H and O–H groups in total. The Bertz CT molecular complexity index is 707. The maximum absolute atomic E-state index is 12.4. The summed E-state index contributed by atoms with van der Waals surface area (Å²) in [6.45, 7) is 2.05. The molecule has 0 aliphatic heterocycles. The molecule has 1 aromatic rings. The minimum atomic E-state index is -3.89. The van der Waals surface area contributed by atoms with E-state index in [0.717, 1.165) is 19.3 Å². The fourth-order valence-corrected chi connectivity index (χ4v) is 5.35. The SMILES string of the molecule is CC[C@H](NC(=O)c1ccc(Cl)cc1)C1C2CC(CS(=O)(=O)O)CC21. The molecule has 7 heteroatoms. The molecule has 2 fully saturated rings. The Hall–Kier alpha value is -1.11. The van der Waals surface area contributed by atoms with E-state index in [1.54, 1.807) is 24.3 Å². The molecule has 0 heterocycles. The van der Waals surface area contributed by atoms with Gasteiger partial charge in [-0.3, -0.25) is 9.35 Å². The first-order valence-electron chi connectivity index (χ1n) is 8.30. The minimum absolute atomic E-state index is 0.0516. The van der Waals surface area contributed by atoms with Crippen LogP contribution in [0, 0.1) is 23.7 Å². The molecule has 0 bridgehead atoms. The Morgan fingerprint density at radius 2 is 1.88 bits per heavy atom. The van der Waals surface area contributed by atoms with Crippen molar-refractivity contribution in [1.29, 1.82) is 0 Å². The molecule has 24 heavy (non-hydrogen) atoms. The fourth-order valence-electron chi connectivity index (χ4n) is 4.36. The summed E-state index contributed by atoms with van der Waals surface area (Å²) in [5, 5.41) is 3.70. The molecule has 0 aromatic heterocycles. The second-order valence-corrected chi connectivity index (χ2v) is 8.92. The zero-order valence-corrected chi connectivity index (χ0v) is 15.1. The monoisotopic (exact) mass is 371 g/mol. The number of amides is 1. The van der Waals surface area contributed by atoms with Gasteiger partial charge < -0.3 is 5.32 Å².